The summed E-state index contributed by atoms with van der Waals surface area (Å²) in [6.45, 7) is 6.39. The minimum Gasteiger partial charge on any atom is -0.493 e. The number of nitrogens with zero attached hydrogens (tertiary/aromatic N) is 3. The Morgan fingerprint density at radius 3 is 2.40 bits per heavy atom. The lowest BCUT2D eigenvalue weighted by Gasteiger charge is -2.26. The fourth-order valence-electron chi connectivity index (χ4n) is 5.23. The van der Waals surface area contributed by atoms with Crippen LogP contribution in [0, 0.1) is 5.92 Å². The monoisotopic (exact) mass is 649 g/mol. The van der Waals surface area contributed by atoms with E-state index in [9.17, 15) is 19.2 Å². The summed E-state index contributed by atoms with van der Waals surface area (Å²) in [6, 6.07) is 9.70. The zero-order valence-corrected chi connectivity index (χ0v) is 27.4. The van der Waals surface area contributed by atoms with E-state index in [1.54, 1.807) is 12.3 Å². The second-order valence-electron chi connectivity index (χ2n) is 11.8. The van der Waals surface area contributed by atoms with E-state index in [1.807, 2.05) is 49.1 Å². The summed E-state index contributed by atoms with van der Waals surface area (Å²) in [5.41, 5.74) is 1.43. The highest BCUT2D eigenvalue weighted by Gasteiger charge is 2.30. The van der Waals surface area contributed by atoms with E-state index >= 15 is 0 Å². The van der Waals surface area contributed by atoms with Crippen molar-refractivity contribution in [2.45, 2.75) is 64.8 Å². The number of ether oxygens (including phenoxy) is 2. The van der Waals surface area contributed by atoms with Gasteiger partial charge >= 0.3 is 0 Å². The predicted molar refractivity (Wildman–Crippen MR) is 171 cm³/mol. The highest BCUT2D eigenvalue weighted by atomic mass is 16.5. The highest BCUT2D eigenvalue weighted by molar-refractivity contribution is 5.97. The van der Waals surface area contributed by atoms with Gasteiger partial charge in [-0.05, 0) is 24.8 Å². The molecule has 0 radical (unpaired) electrons. The summed E-state index contributed by atoms with van der Waals surface area (Å²) in [7, 11) is 3.06. The topological polar surface area (TPSA) is 177 Å². The first-order valence-corrected chi connectivity index (χ1v) is 15.5. The van der Waals surface area contributed by atoms with Crippen LogP contribution in [0.15, 0.2) is 53.2 Å². The Kier molecular flexibility index (Phi) is 12.3. The number of aromatic nitrogens is 2. The fourth-order valence-corrected chi connectivity index (χ4v) is 5.23. The second-order valence-corrected chi connectivity index (χ2v) is 11.8. The van der Waals surface area contributed by atoms with Gasteiger partial charge in [-0.2, -0.15) is 0 Å². The van der Waals surface area contributed by atoms with Crippen LogP contribution in [-0.2, 0) is 33.9 Å². The number of pyridine rings is 1. The Balaban J connectivity index is 1.65. The molecule has 4 amide bonds. The average molecular weight is 650 g/mol. The number of hydrogen-bond donors (Lipinski definition) is 4. The summed E-state index contributed by atoms with van der Waals surface area (Å²) >= 11 is 0. The molecule has 1 aliphatic heterocycles. The summed E-state index contributed by atoms with van der Waals surface area (Å²) in [5.74, 6) is -0.630. The lowest BCUT2D eigenvalue weighted by Crippen LogP contribution is -2.57. The SMILES string of the molecule is COc1ccnc(CN2CCNC(=O)[C@@H](Cc3ccccc3)NC(=O)[C@@H](CC(C)C)NC(=O)[C@@H](C)NC(=O)c3cc(on3)C2)c1OC. The molecule has 1 aliphatic rings. The van der Waals surface area contributed by atoms with Gasteiger partial charge in [0.05, 0.1) is 20.8 Å². The largest absolute Gasteiger partial charge is 0.493 e. The summed E-state index contributed by atoms with van der Waals surface area (Å²) in [5, 5.41) is 15.1. The maximum atomic E-state index is 13.6. The van der Waals surface area contributed by atoms with Crippen molar-refractivity contribution in [2.75, 3.05) is 27.3 Å². The summed E-state index contributed by atoms with van der Waals surface area (Å²) < 4.78 is 16.5. The van der Waals surface area contributed by atoms with E-state index in [1.165, 1.54) is 27.2 Å². The van der Waals surface area contributed by atoms with Crippen molar-refractivity contribution in [3.05, 3.63) is 71.4 Å². The predicted octanol–water partition coefficient (Wildman–Crippen LogP) is 1.60. The lowest BCUT2D eigenvalue weighted by molar-refractivity contribution is -0.132. The molecule has 14 nitrogen and oxygen atoms in total. The first-order valence-electron chi connectivity index (χ1n) is 15.5. The molecule has 4 rings (SSSR count). The van der Waals surface area contributed by atoms with E-state index in [0.717, 1.165) is 5.56 Å². The van der Waals surface area contributed by atoms with Gasteiger partial charge in [-0.1, -0.05) is 49.3 Å². The van der Waals surface area contributed by atoms with Crippen LogP contribution in [0.3, 0.4) is 0 Å². The Morgan fingerprint density at radius 2 is 1.70 bits per heavy atom. The average Bonchev–Trinajstić information content (AvgIpc) is 3.52. The van der Waals surface area contributed by atoms with Crippen LogP contribution < -0.4 is 30.7 Å². The number of rotatable bonds is 8. The Morgan fingerprint density at radius 1 is 0.957 bits per heavy atom. The third-order valence-electron chi connectivity index (χ3n) is 7.63. The number of amides is 4. The third-order valence-corrected chi connectivity index (χ3v) is 7.63. The van der Waals surface area contributed by atoms with Crippen LogP contribution in [0.5, 0.6) is 11.5 Å². The van der Waals surface area contributed by atoms with Crippen molar-refractivity contribution in [1.82, 2.24) is 36.3 Å². The highest BCUT2D eigenvalue weighted by Crippen LogP contribution is 2.30. The zero-order valence-electron chi connectivity index (χ0n) is 27.4. The Hall–Kier alpha value is -4.98. The first kappa shape index (κ1) is 34.9. The molecular formula is C33H43N7O7. The summed E-state index contributed by atoms with van der Waals surface area (Å²) in [4.78, 5) is 59.8. The molecule has 1 aromatic carbocycles. The van der Waals surface area contributed by atoms with Crippen molar-refractivity contribution in [2.24, 2.45) is 5.92 Å². The van der Waals surface area contributed by atoms with Crippen LogP contribution in [-0.4, -0.2) is 84.1 Å². The molecule has 3 heterocycles. The molecule has 3 aromatic rings. The van der Waals surface area contributed by atoms with E-state index in [4.69, 9.17) is 14.0 Å². The van der Waals surface area contributed by atoms with Gasteiger partial charge in [0.15, 0.2) is 23.0 Å². The zero-order chi connectivity index (χ0) is 33.9. The minimum atomic E-state index is -0.990. The number of benzene rings is 1. The standard InChI is InChI=1S/C33H43N7O7/c1-20(2)15-24-32(43)38-25(16-22-9-7-6-8-10-22)31(42)35-13-14-40(19-27-29(46-5)28(45-4)11-12-34-27)18-23-17-26(39-47-23)33(44)36-21(3)30(41)37-24/h6-12,17,20-21,24-25H,13-16,18-19H2,1-5H3,(H,35,42)(H,36,44)(H,37,41)(H,38,43)/t21-,24-,25-/m1/s1. The smallest absolute Gasteiger partial charge is 0.274 e. The van der Waals surface area contributed by atoms with E-state index in [0.29, 0.717) is 35.9 Å². The molecule has 0 saturated heterocycles. The first-order chi connectivity index (χ1) is 22.6. The molecule has 2 bridgehead atoms. The number of carbonyl (C=O) groups excluding carboxylic acids is 4. The van der Waals surface area contributed by atoms with Crippen LogP contribution >= 0.6 is 0 Å². The van der Waals surface area contributed by atoms with Gasteiger partial charge in [0, 0.05) is 44.4 Å². The van der Waals surface area contributed by atoms with Crippen molar-refractivity contribution >= 4 is 23.6 Å². The van der Waals surface area contributed by atoms with Gasteiger partial charge < -0.3 is 35.3 Å². The molecular weight excluding hydrogens is 606 g/mol. The maximum absolute atomic E-state index is 13.6. The molecule has 2 aromatic heterocycles. The van der Waals surface area contributed by atoms with Gasteiger partial charge in [-0.25, -0.2) is 0 Å². The lowest BCUT2D eigenvalue weighted by atomic mass is 10.0. The van der Waals surface area contributed by atoms with Crippen LogP contribution in [0.1, 0.15) is 54.7 Å². The quantitative estimate of drug-likeness (QED) is 0.280. The number of nitrogens with one attached hydrogen (secondary N) is 4. The maximum Gasteiger partial charge on any atom is 0.274 e. The molecule has 0 saturated carbocycles. The van der Waals surface area contributed by atoms with Gasteiger partial charge in [-0.15, -0.1) is 0 Å². The van der Waals surface area contributed by atoms with Crippen LogP contribution in [0.25, 0.3) is 0 Å². The third kappa shape index (κ3) is 9.75. The van der Waals surface area contributed by atoms with E-state index < -0.39 is 35.8 Å². The van der Waals surface area contributed by atoms with Crippen LogP contribution in [0.2, 0.25) is 0 Å². The molecule has 0 fully saturated rings. The molecule has 4 N–H and O–H groups in total. The van der Waals surface area contributed by atoms with Gasteiger partial charge in [0.25, 0.3) is 5.91 Å². The van der Waals surface area contributed by atoms with E-state index in [2.05, 4.69) is 31.4 Å². The van der Waals surface area contributed by atoms with Gasteiger partial charge in [0.1, 0.15) is 23.8 Å². The molecule has 0 spiro atoms. The van der Waals surface area contributed by atoms with Crippen molar-refractivity contribution in [3.8, 4) is 11.5 Å². The second kappa shape index (κ2) is 16.5. The van der Waals surface area contributed by atoms with Crippen molar-refractivity contribution in [3.63, 3.8) is 0 Å². The Labute approximate surface area is 273 Å². The molecule has 0 aliphatic carbocycles. The molecule has 47 heavy (non-hydrogen) atoms. The molecule has 0 unspecified atom stereocenters. The van der Waals surface area contributed by atoms with Gasteiger partial charge in [0.2, 0.25) is 17.7 Å². The Bertz CT molecular complexity index is 1530. The van der Waals surface area contributed by atoms with Crippen molar-refractivity contribution in [1.29, 1.82) is 0 Å². The molecule has 14 heteroatoms. The normalized spacial score (nSPS) is 20.3. The minimum absolute atomic E-state index is 0.00803. The molecule has 3 atom stereocenters. The number of fused-ring (bicyclic) bond motifs is 2. The number of methoxy groups -OCH3 is 2. The number of carbonyl (C=O) groups is 4. The molecule has 252 valence electrons. The number of hydrogen-bond acceptors (Lipinski definition) is 10. The summed E-state index contributed by atoms with van der Waals surface area (Å²) in [6.07, 6.45) is 2.17. The van der Waals surface area contributed by atoms with Gasteiger partial charge in [-0.3, -0.25) is 29.1 Å². The van der Waals surface area contributed by atoms with Crippen LogP contribution in [0.4, 0.5) is 0 Å². The fraction of sp³-hybridized carbons (Fsp3) is 0.455. The van der Waals surface area contributed by atoms with Crippen molar-refractivity contribution < 1.29 is 33.2 Å². The van der Waals surface area contributed by atoms with E-state index in [-0.39, 0.29) is 43.6 Å².